The van der Waals surface area contributed by atoms with Crippen molar-refractivity contribution in [3.8, 4) is 6.07 Å². The number of anilines is 2. The number of benzene rings is 3. The number of hydrogen-bond donors (Lipinski definition) is 1. The molecule has 1 N–H and O–H groups in total. The molecule has 0 saturated heterocycles. The van der Waals surface area contributed by atoms with Gasteiger partial charge >= 0.3 is 0 Å². The van der Waals surface area contributed by atoms with E-state index in [1.165, 1.54) is 37.4 Å². The Hall–Kier alpha value is -2.24. The van der Waals surface area contributed by atoms with Crippen LogP contribution in [0.3, 0.4) is 0 Å². The molecule has 0 bridgehead atoms. The van der Waals surface area contributed by atoms with Gasteiger partial charge in [-0.2, -0.15) is 5.26 Å². The second-order valence-electron chi connectivity index (χ2n) is 8.25. The third kappa shape index (κ3) is 5.35. The molecule has 1 aliphatic rings. The average molecular weight is 620 g/mol. The van der Waals surface area contributed by atoms with Crippen LogP contribution >= 0.6 is 69.6 Å². The van der Waals surface area contributed by atoms with Crippen LogP contribution in [-0.2, 0) is 4.79 Å². The Morgan fingerprint density at radius 3 is 2.24 bits per heavy atom. The van der Waals surface area contributed by atoms with E-state index < -0.39 is 33.8 Å². The van der Waals surface area contributed by atoms with E-state index in [9.17, 15) is 14.0 Å². The molecule has 2 amide bonds. The Bertz CT molecular complexity index is 1470. The van der Waals surface area contributed by atoms with Crippen molar-refractivity contribution in [2.45, 2.75) is 10.3 Å². The van der Waals surface area contributed by atoms with Gasteiger partial charge in [-0.15, -0.1) is 23.2 Å². The van der Waals surface area contributed by atoms with Gasteiger partial charge in [0.05, 0.1) is 48.9 Å². The van der Waals surface area contributed by atoms with Gasteiger partial charge in [0.25, 0.3) is 5.91 Å². The maximum Gasteiger partial charge on any atom is 0.259 e. The monoisotopic (exact) mass is 617 g/mol. The van der Waals surface area contributed by atoms with Crippen LogP contribution in [0.2, 0.25) is 20.1 Å². The van der Waals surface area contributed by atoms with Gasteiger partial charge in [-0.25, -0.2) is 4.39 Å². The number of nitriles is 1. The number of hydrogen-bond acceptors (Lipinski definition) is 3. The summed E-state index contributed by atoms with van der Waals surface area (Å²) in [4.78, 5) is 27.2. The molecule has 2 atom stereocenters. The Balaban J connectivity index is 1.55. The normalized spacial score (nSPS) is 17.6. The fourth-order valence-electron chi connectivity index (χ4n) is 3.95. The second kappa shape index (κ2) is 10.5. The van der Waals surface area contributed by atoms with Crippen molar-refractivity contribution >= 4 is 92.8 Å². The topological polar surface area (TPSA) is 73.2 Å². The molecule has 0 aromatic heterocycles. The number of alkyl halides is 2. The van der Waals surface area contributed by atoms with Gasteiger partial charge in [-0.3, -0.25) is 9.59 Å². The standard InChI is InChI=1S/C25H14Cl6FN3O2/c1-35(19-5-2-11(10-33)6-18(19)32)24(37)14-9-13(3-4-15(14)26)34-23(36)21-20(25(21,30)31)12-7-16(27)22(29)17(28)8-12/h2-9,20-21H,1H3,(H,34,36)/t20-,21+/m0/s1. The third-order valence-electron chi connectivity index (χ3n) is 5.91. The highest BCUT2D eigenvalue weighted by Gasteiger charge is 2.67. The van der Waals surface area contributed by atoms with E-state index in [0.717, 1.165) is 11.0 Å². The van der Waals surface area contributed by atoms with Crippen molar-refractivity contribution < 1.29 is 14.0 Å². The molecule has 12 heteroatoms. The zero-order valence-electron chi connectivity index (χ0n) is 18.6. The first-order chi connectivity index (χ1) is 17.4. The van der Waals surface area contributed by atoms with Crippen molar-refractivity contribution in [3.63, 3.8) is 0 Å². The lowest BCUT2D eigenvalue weighted by Gasteiger charge is -2.19. The number of carbonyl (C=O) groups excluding carboxylic acids is 2. The van der Waals surface area contributed by atoms with E-state index >= 15 is 0 Å². The molecule has 1 fully saturated rings. The smallest absolute Gasteiger partial charge is 0.259 e. The van der Waals surface area contributed by atoms with Gasteiger partial charge in [-0.1, -0.05) is 46.4 Å². The first kappa shape index (κ1) is 27.8. The predicted molar refractivity (Wildman–Crippen MR) is 146 cm³/mol. The van der Waals surface area contributed by atoms with Crippen molar-refractivity contribution in [1.29, 1.82) is 5.26 Å². The molecule has 0 spiro atoms. The van der Waals surface area contributed by atoms with Crippen LogP contribution < -0.4 is 10.2 Å². The molecular weight excluding hydrogens is 606 g/mol. The first-order valence-electron chi connectivity index (χ1n) is 10.5. The van der Waals surface area contributed by atoms with E-state index in [4.69, 9.17) is 74.9 Å². The Morgan fingerprint density at radius 2 is 1.65 bits per heavy atom. The van der Waals surface area contributed by atoms with Crippen LogP contribution in [-0.4, -0.2) is 23.2 Å². The summed E-state index contributed by atoms with van der Waals surface area (Å²) in [6, 6.07) is 12.9. The molecule has 1 aliphatic carbocycles. The van der Waals surface area contributed by atoms with Crippen LogP contribution in [0.4, 0.5) is 15.8 Å². The van der Waals surface area contributed by atoms with Gasteiger partial charge in [0.2, 0.25) is 5.91 Å². The van der Waals surface area contributed by atoms with Crippen LogP contribution in [0.5, 0.6) is 0 Å². The van der Waals surface area contributed by atoms with Gasteiger partial charge in [-0.05, 0) is 54.1 Å². The Labute approximate surface area is 241 Å². The molecule has 0 radical (unpaired) electrons. The van der Waals surface area contributed by atoms with Gasteiger partial charge in [0.1, 0.15) is 10.2 Å². The summed E-state index contributed by atoms with van der Waals surface area (Å²) in [6.07, 6.45) is 0. The van der Waals surface area contributed by atoms with E-state index in [-0.39, 0.29) is 42.6 Å². The zero-order valence-corrected chi connectivity index (χ0v) is 23.2. The minimum atomic E-state index is -1.43. The maximum atomic E-state index is 14.4. The highest BCUT2D eigenvalue weighted by Crippen LogP contribution is 2.65. The van der Waals surface area contributed by atoms with Crippen LogP contribution in [0, 0.1) is 23.1 Å². The summed E-state index contributed by atoms with van der Waals surface area (Å²) < 4.78 is 13.0. The summed E-state index contributed by atoms with van der Waals surface area (Å²) in [5, 5.41) is 12.3. The highest BCUT2D eigenvalue weighted by atomic mass is 35.5. The van der Waals surface area contributed by atoms with E-state index in [0.29, 0.717) is 5.56 Å². The van der Waals surface area contributed by atoms with E-state index in [2.05, 4.69) is 5.32 Å². The van der Waals surface area contributed by atoms with Gasteiger partial charge < -0.3 is 10.2 Å². The van der Waals surface area contributed by atoms with Crippen molar-refractivity contribution in [3.05, 3.63) is 91.1 Å². The summed E-state index contributed by atoms with van der Waals surface area (Å²) in [5.74, 6) is -3.36. The largest absolute Gasteiger partial charge is 0.326 e. The molecule has 0 heterocycles. The Morgan fingerprint density at radius 1 is 1.00 bits per heavy atom. The summed E-state index contributed by atoms with van der Waals surface area (Å²) in [7, 11) is 1.36. The number of carbonyl (C=O) groups is 2. The highest BCUT2D eigenvalue weighted by molar-refractivity contribution is 6.54. The molecule has 37 heavy (non-hydrogen) atoms. The molecule has 1 saturated carbocycles. The molecule has 4 rings (SSSR count). The molecule has 190 valence electrons. The molecule has 0 aliphatic heterocycles. The molecule has 3 aromatic carbocycles. The minimum Gasteiger partial charge on any atom is -0.326 e. The van der Waals surface area contributed by atoms with Gasteiger partial charge in [0.15, 0.2) is 0 Å². The number of amides is 2. The fraction of sp³-hybridized carbons (Fsp3) is 0.160. The number of halogens is 7. The lowest BCUT2D eigenvalue weighted by molar-refractivity contribution is -0.117. The minimum absolute atomic E-state index is 0.0114. The molecule has 3 aromatic rings. The second-order valence-corrected chi connectivity index (χ2v) is 11.3. The summed E-state index contributed by atoms with van der Waals surface area (Å²) in [6.45, 7) is 0. The van der Waals surface area contributed by atoms with Gasteiger partial charge in [0, 0.05) is 18.7 Å². The summed E-state index contributed by atoms with van der Waals surface area (Å²) in [5.41, 5.74) is 0.860. The number of nitrogens with one attached hydrogen (secondary N) is 1. The average Bonchev–Trinajstić information content (AvgIpc) is 3.44. The summed E-state index contributed by atoms with van der Waals surface area (Å²) >= 11 is 37.3. The Kier molecular flexibility index (Phi) is 7.88. The molecular formula is C25H14Cl6FN3O2. The number of nitrogens with zero attached hydrogens (tertiary/aromatic N) is 2. The fourth-order valence-corrected chi connectivity index (χ4v) is 5.59. The van der Waals surface area contributed by atoms with Crippen molar-refractivity contribution in [1.82, 2.24) is 0 Å². The molecule has 0 unspecified atom stereocenters. The predicted octanol–water partition coefficient (Wildman–Crippen LogP) is 8.11. The number of rotatable bonds is 5. The zero-order chi connectivity index (χ0) is 27.2. The van der Waals surface area contributed by atoms with Crippen molar-refractivity contribution in [2.24, 2.45) is 5.92 Å². The first-order valence-corrected chi connectivity index (χ1v) is 12.7. The van der Waals surface area contributed by atoms with E-state index in [1.807, 2.05) is 6.07 Å². The van der Waals surface area contributed by atoms with Crippen LogP contribution in [0.1, 0.15) is 27.4 Å². The maximum absolute atomic E-state index is 14.4. The molecule has 5 nitrogen and oxygen atoms in total. The lowest BCUT2D eigenvalue weighted by Crippen LogP contribution is -2.27. The van der Waals surface area contributed by atoms with Crippen molar-refractivity contribution in [2.75, 3.05) is 17.3 Å². The van der Waals surface area contributed by atoms with Crippen LogP contribution in [0.25, 0.3) is 0 Å². The third-order valence-corrected chi connectivity index (χ3v) is 8.38. The van der Waals surface area contributed by atoms with E-state index in [1.54, 1.807) is 12.1 Å². The SMILES string of the molecule is CN(C(=O)c1cc(NC(=O)[C@H]2[C@H](c3cc(Cl)c(Cl)c(Cl)c3)C2(Cl)Cl)ccc1Cl)c1ccc(C#N)cc1F. The quantitative estimate of drug-likeness (QED) is 0.232. The van der Waals surface area contributed by atoms with Crippen LogP contribution in [0.15, 0.2) is 48.5 Å². The lowest BCUT2D eigenvalue weighted by atomic mass is 10.1.